The Balaban J connectivity index is 1.74. The van der Waals surface area contributed by atoms with Crippen LogP contribution in [0.1, 0.15) is 15.9 Å². The number of rotatable bonds is 7. The molecule has 1 amide bonds. The molecule has 0 aliphatic rings. The van der Waals surface area contributed by atoms with Crippen molar-refractivity contribution in [1.29, 1.82) is 0 Å². The molecule has 6 nitrogen and oxygen atoms in total. The zero-order valence-corrected chi connectivity index (χ0v) is 21.0. The fourth-order valence-corrected chi connectivity index (χ4v) is 4.64. The summed E-state index contributed by atoms with van der Waals surface area (Å²) in [5.41, 5.74) is 2.28. The Morgan fingerprint density at radius 2 is 1.75 bits per heavy atom. The Bertz CT molecular complexity index is 1480. The number of nitrogens with one attached hydrogen (secondary N) is 1. The van der Waals surface area contributed by atoms with E-state index in [0.717, 1.165) is 0 Å². The van der Waals surface area contributed by atoms with Crippen LogP contribution in [0.4, 0.5) is 4.39 Å². The number of fused-ring (bicyclic) bond motifs is 1. The smallest absolute Gasteiger partial charge is 0.326 e. The average molecular weight is 548 g/mol. The van der Waals surface area contributed by atoms with Gasteiger partial charge in [-0.05, 0) is 35.4 Å². The first-order valence-corrected chi connectivity index (χ1v) is 11.7. The number of carboxylic acids is 1. The number of amides is 1. The summed E-state index contributed by atoms with van der Waals surface area (Å²) < 4.78 is 19.4. The fourth-order valence-electron chi connectivity index (χ4n) is 3.90. The highest BCUT2D eigenvalue weighted by Gasteiger charge is 2.25. The second kappa shape index (κ2) is 10.7. The van der Waals surface area contributed by atoms with Crippen molar-refractivity contribution < 1.29 is 23.8 Å². The van der Waals surface area contributed by atoms with Crippen LogP contribution in [0.3, 0.4) is 0 Å². The molecule has 2 N–H and O–H groups in total. The van der Waals surface area contributed by atoms with Gasteiger partial charge in [0.05, 0.1) is 33.3 Å². The topological polar surface area (TPSA) is 88.5 Å². The maximum absolute atomic E-state index is 14.0. The molecule has 3 aromatic carbocycles. The number of aliphatic carboxylic acids is 1. The number of carbonyl (C=O) groups is 2. The average Bonchev–Trinajstić information content (AvgIpc) is 2.85. The number of halogens is 4. The molecule has 1 aromatic heterocycles. The summed E-state index contributed by atoms with van der Waals surface area (Å²) in [4.78, 5) is 29.3. The second-order valence-electron chi connectivity index (χ2n) is 7.80. The second-order valence-corrected chi connectivity index (χ2v) is 9.03. The molecule has 1 atom stereocenters. The van der Waals surface area contributed by atoms with Gasteiger partial charge >= 0.3 is 5.97 Å². The molecule has 4 rings (SSSR count). The normalized spacial score (nSPS) is 11.8. The highest BCUT2D eigenvalue weighted by atomic mass is 35.5. The van der Waals surface area contributed by atoms with Gasteiger partial charge in [-0.1, -0.05) is 59.1 Å². The molecule has 0 fully saturated rings. The molecule has 10 heteroatoms. The lowest BCUT2D eigenvalue weighted by atomic mass is 9.94. The number of carbonyl (C=O) groups excluding carboxylic acids is 1. The van der Waals surface area contributed by atoms with Crippen LogP contribution >= 0.6 is 34.8 Å². The predicted molar refractivity (Wildman–Crippen MR) is 138 cm³/mol. The first kappa shape index (κ1) is 25.7. The molecular formula is C26H18Cl3FN2O4. The SMILES string of the molecule is COc1cc(F)c(Cl)cc1-c1ccc(C[C@H](NC(=O)c2c(Cl)cccc2Cl)C(=O)O)c2ncccc12. The van der Waals surface area contributed by atoms with E-state index in [1.165, 1.54) is 31.4 Å². The number of carboxylic acid groups (broad SMARTS) is 1. The van der Waals surface area contributed by atoms with Crippen LogP contribution < -0.4 is 10.1 Å². The monoisotopic (exact) mass is 546 g/mol. The van der Waals surface area contributed by atoms with Crippen molar-refractivity contribution in [3.63, 3.8) is 0 Å². The number of methoxy groups -OCH3 is 1. The van der Waals surface area contributed by atoms with Gasteiger partial charge in [-0.3, -0.25) is 9.78 Å². The number of ether oxygens (including phenoxy) is 1. The lowest BCUT2D eigenvalue weighted by Gasteiger charge is -2.18. The molecule has 0 saturated heterocycles. The van der Waals surface area contributed by atoms with Crippen LogP contribution in [0.2, 0.25) is 15.1 Å². The van der Waals surface area contributed by atoms with Crippen molar-refractivity contribution in [2.24, 2.45) is 0 Å². The van der Waals surface area contributed by atoms with Gasteiger partial charge in [-0.2, -0.15) is 0 Å². The largest absolute Gasteiger partial charge is 0.496 e. The number of aromatic nitrogens is 1. The lowest BCUT2D eigenvalue weighted by molar-refractivity contribution is -0.139. The Labute approximate surface area is 220 Å². The van der Waals surface area contributed by atoms with Gasteiger partial charge in [0.25, 0.3) is 5.91 Å². The van der Waals surface area contributed by atoms with E-state index in [2.05, 4.69) is 10.3 Å². The van der Waals surface area contributed by atoms with E-state index in [9.17, 15) is 19.1 Å². The van der Waals surface area contributed by atoms with Gasteiger partial charge in [0, 0.05) is 29.6 Å². The minimum atomic E-state index is -1.30. The maximum atomic E-state index is 14.0. The molecule has 4 aromatic rings. The molecule has 0 unspecified atom stereocenters. The van der Waals surface area contributed by atoms with Crippen LogP contribution in [-0.2, 0) is 11.2 Å². The van der Waals surface area contributed by atoms with Gasteiger partial charge in [0.1, 0.15) is 17.6 Å². The fraction of sp³-hybridized carbons (Fsp3) is 0.115. The Hall–Kier alpha value is -3.39. The van der Waals surface area contributed by atoms with E-state index in [-0.39, 0.29) is 32.8 Å². The van der Waals surface area contributed by atoms with Gasteiger partial charge < -0.3 is 15.2 Å². The molecule has 0 aliphatic heterocycles. The van der Waals surface area contributed by atoms with Crippen molar-refractivity contribution >= 4 is 57.6 Å². The minimum Gasteiger partial charge on any atom is -0.496 e. The van der Waals surface area contributed by atoms with Gasteiger partial charge in [-0.25, -0.2) is 9.18 Å². The summed E-state index contributed by atoms with van der Waals surface area (Å²) in [7, 11) is 1.42. The molecule has 1 heterocycles. The van der Waals surface area contributed by atoms with Gasteiger partial charge in [0.2, 0.25) is 0 Å². The number of hydrogen-bond donors (Lipinski definition) is 2. The molecule has 0 spiro atoms. The van der Waals surface area contributed by atoms with Crippen LogP contribution in [0.15, 0.2) is 60.8 Å². The van der Waals surface area contributed by atoms with E-state index < -0.39 is 23.7 Å². The molecule has 0 saturated carbocycles. The Morgan fingerprint density at radius 1 is 1.03 bits per heavy atom. The molecule has 0 radical (unpaired) electrons. The quantitative estimate of drug-likeness (QED) is 0.278. The summed E-state index contributed by atoms with van der Waals surface area (Å²) in [6.07, 6.45) is 1.50. The van der Waals surface area contributed by atoms with Crippen molar-refractivity contribution in [3.05, 3.63) is 92.8 Å². The first-order valence-electron chi connectivity index (χ1n) is 10.6. The standard InChI is InChI=1S/C26H18Cl3FN2O4/c1-36-22-12-20(30)19(29)11-16(22)14-8-7-13(24-15(14)4-3-9-31-24)10-21(26(34)35)32-25(33)23-17(27)5-2-6-18(23)28/h2-9,11-12,21H,10H2,1H3,(H,32,33)(H,34,35)/t21-/m0/s1. The third-order valence-corrected chi connectivity index (χ3v) is 6.52. The highest BCUT2D eigenvalue weighted by molar-refractivity contribution is 6.39. The van der Waals surface area contributed by atoms with Crippen LogP contribution in [-0.4, -0.2) is 35.1 Å². The lowest BCUT2D eigenvalue weighted by Crippen LogP contribution is -2.42. The number of benzene rings is 3. The Kier molecular flexibility index (Phi) is 7.64. The zero-order valence-electron chi connectivity index (χ0n) is 18.7. The highest BCUT2D eigenvalue weighted by Crippen LogP contribution is 2.38. The van der Waals surface area contributed by atoms with Gasteiger partial charge in [-0.15, -0.1) is 0 Å². The van der Waals surface area contributed by atoms with Crippen molar-refractivity contribution in [2.75, 3.05) is 7.11 Å². The summed E-state index contributed by atoms with van der Waals surface area (Å²) in [5, 5.41) is 13.1. The summed E-state index contributed by atoms with van der Waals surface area (Å²) in [5.74, 6) is -2.29. The zero-order chi connectivity index (χ0) is 26.0. The molecule has 184 valence electrons. The molecular weight excluding hydrogens is 530 g/mol. The Morgan fingerprint density at radius 3 is 2.42 bits per heavy atom. The van der Waals surface area contributed by atoms with Gasteiger partial charge in [0.15, 0.2) is 0 Å². The summed E-state index contributed by atoms with van der Waals surface area (Å²) in [6.45, 7) is 0. The summed E-state index contributed by atoms with van der Waals surface area (Å²) in [6, 6.07) is 12.9. The third kappa shape index (κ3) is 5.09. The number of pyridine rings is 1. The molecule has 36 heavy (non-hydrogen) atoms. The third-order valence-electron chi connectivity index (χ3n) is 5.60. The van der Waals surface area contributed by atoms with Crippen LogP contribution in [0, 0.1) is 5.82 Å². The molecule has 0 bridgehead atoms. The van der Waals surface area contributed by atoms with Crippen LogP contribution in [0.25, 0.3) is 22.0 Å². The van der Waals surface area contributed by atoms with E-state index >= 15 is 0 Å². The van der Waals surface area contributed by atoms with Crippen molar-refractivity contribution in [1.82, 2.24) is 10.3 Å². The maximum Gasteiger partial charge on any atom is 0.326 e. The molecule has 0 aliphatic carbocycles. The van der Waals surface area contributed by atoms with E-state index in [1.807, 2.05) is 0 Å². The number of hydrogen-bond acceptors (Lipinski definition) is 4. The van der Waals surface area contributed by atoms with E-state index in [1.54, 1.807) is 36.5 Å². The first-order chi connectivity index (χ1) is 17.2. The minimum absolute atomic E-state index is 0.00861. The van der Waals surface area contributed by atoms with Crippen molar-refractivity contribution in [3.8, 4) is 16.9 Å². The van der Waals surface area contributed by atoms with E-state index in [0.29, 0.717) is 27.6 Å². The van der Waals surface area contributed by atoms with Crippen LogP contribution in [0.5, 0.6) is 5.75 Å². The van der Waals surface area contributed by atoms with Crippen molar-refractivity contribution in [2.45, 2.75) is 12.5 Å². The number of nitrogens with zero attached hydrogens (tertiary/aromatic N) is 1. The van der Waals surface area contributed by atoms with E-state index in [4.69, 9.17) is 39.5 Å². The predicted octanol–water partition coefficient (Wildman–Crippen LogP) is 6.44. The summed E-state index contributed by atoms with van der Waals surface area (Å²) >= 11 is 18.2.